The van der Waals surface area contributed by atoms with Gasteiger partial charge in [-0.05, 0) is 12.1 Å². The first kappa shape index (κ1) is 5.22. The number of nitrogens with zero attached hydrogens (tertiary/aromatic N) is 2. The third kappa shape index (κ3) is 0.699. The van der Waals surface area contributed by atoms with Crippen molar-refractivity contribution >= 4 is 0 Å². The molecule has 1 aliphatic rings. The van der Waals surface area contributed by atoms with E-state index >= 15 is 0 Å². The van der Waals surface area contributed by atoms with Crippen LogP contribution in [0, 0.1) is 0 Å². The molecule has 0 unspecified atom stereocenters. The van der Waals surface area contributed by atoms with Gasteiger partial charge in [0, 0.05) is 0 Å². The van der Waals surface area contributed by atoms with Crippen LogP contribution >= 0.6 is 0 Å². The molecule has 0 saturated carbocycles. The highest BCUT2D eigenvalue weighted by Crippen LogP contribution is 2.28. The van der Waals surface area contributed by atoms with Gasteiger partial charge >= 0.3 is 0 Å². The van der Waals surface area contributed by atoms with E-state index in [1.54, 1.807) is 12.1 Å². The predicted molar refractivity (Wildman–Crippen MR) is 32.6 cm³/mol. The van der Waals surface area contributed by atoms with Gasteiger partial charge in [-0.1, -0.05) is 12.1 Å². The van der Waals surface area contributed by atoms with E-state index < -0.39 is 0 Å². The predicted octanol–water partition coefficient (Wildman–Crippen LogP) is 1.74. The standard InChI is InChI=1S/C6H4N2O2/c1-2-4-6-5(3-1)9-7-8-10-6/h1-4H. The van der Waals surface area contributed by atoms with E-state index in [2.05, 4.69) is 10.6 Å². The minimum atomic E-state index is 0.595. The zero-order valence-electron chi connectivity index (χ0n) is 5.02. The Hall–Kier alpha value is -1.58. The molecule has 0 atom stereocenters. The maximum Gasteiger partial charge on any atom is 0.205 e. The highest BCUT2D eigenvalue weighted by Gasteiger charge is 2.07. The number of fused-ring (bicyclic) bond motifs is 1. The zero-order chi connectivity index (χ0) is 6.81. The first-order chi connectivity index (χ1) is 4.97. The summed E-state index contributed by atoms with van der Waals surface area (Å²) < 4.78 is 0. The van der Waals surface area contributed by atoms with Gasteiger partial charge in [0.05, 0.1) is 10.6 Å². The number of benzene rings is 1. The maximum atomic E-state index is 4.76. The van der Waals surface area contributed by atoms with Crippen molar-refractivity contribution in [1.29, 1.82) is 0 Å². The molecule has 1 aromatic rings. The van der Waals surface area contributed by atoms with Gasteiger partial charge in [0.1, 0.15) is 0 Å². The van der Waals surface area contributed by atoms with Crippen LogP contribution in [0.4, 0.5) is 0 Å². The summed E-state index contributed by atoms with van der Waals surface area (Å²) in [6, 6.07) is 7.19. The number of para-hydroxylation sites is 2. The highest BCUT2D eigenvalue weighted by atomic mass is 16.8. The Bertz CT molecular complexity index is 245. The Kier molecular flexibility index (Phi) is 1.04. The van der Waals surface area contributed by atoms with Crippen molar-refractivity contribution in [3.63, 3.8) is 0 Å². The van der Waals surface area contributed by atoms with E-state index in [9.17, 15) is 0 Å². The molecule has 0 aromatic heterocycles. The van der Waals surface area contributed by atoms with Gasteiger partial charge in [0.25, 0.3) is 0 Å². The highest BCUT2D eigenvalue weighted by molar-refractivity contribution is 5.39. The van der Waals surface area contributed by atoms with Crippen molar-refractivity contribution < 1.29 is 9.68 Å². The average Bonchev–Trinajstić information content (AvgIpc) is 2.05. The molecule has 1 aromatic carbocycles. The fraction of sp³-hybridized carbons (Fsp3) is 0. The lowest BCUT2D eigenvalue weighted by molar-refractivity contribution is 0.163. The van der Waals surface area contributed by atoms with Gasteiger partial charge in [-0.25, -0.2) is 0 Å². The van der Waals surface area contributed by atoms with Gasteiger partial charge in [0.2, 0.25) is 11.5 Å². The van der Waals surface area contributed by atoms with Gasteiger partial charge in [-0.3, -0.25) is 0 Å². The van der Waals surface area contributed by atoms with Crippen LogP contribution in [-0.4, -0.2) is 0 Å². The monoisotopic (exact) mass is 136 g/mol. The molecule has 0 spiro atoms. The van der Waals surface area contributed by atoms with Crippen molar-refractivity contribution in [1.82, 2.24) is 0 Å². The molecule has 2 rings (SSSR count). The Morgan fingerprint density at radius 2 is 1.40 bits per heavy atom. The normalized spacial score (nSPS) is 13.2. The largest absolute Gasteiger partial charge is 0.333 e. The molecule has 4 nitrogen and oxygen atoms in total. The Morgan fingerprint density at radius 1 is 0.900 bits per heavy atom. The fourth-order valence-corrected chi connectivity index (χ4v) is 0.722. The summed E-state index contributed by atoms with van der Waals surface area (Å²) in [6.07, 6.45) is 0. The molecule has 10 heavy (non-hydrogen) atoms. The molecule has 0 fully saturated rings. The summed E-state index contributed by atoms with van der Waals surface area (Å²) in [5.41, 5.74) is 0. The van der Waals surface area contributed by atoms with E-state index in [4.69, 9.17) is 9.68 Å². The Balaban J connectivity index is 2.47. The van der Waals surface area contributed by atoms with E-state index in [1.165, 1.54) is 0 Å². The molecule has 0 amide bonds. The van der Waals surface area contributed by atoms with Crippen LogP contribution in [0.25, 0.3) is 0 Å². The van der Waals surface area contributed by atoms with Crippen molar-refractivity contribution in [2.75, 3.05) is 0 Å². The summed E-state index contributed by atoms with van der Waals surface area (Å²) >= 11 is 0. The molecule has 1 aliphatic heterocycles. The Labute approximate surface area is 57.0 Å². The molecule has 0 bridgehead atoms. The van der Waals surface area contributed by atoms with Crippen LogP contribution in [0.2, 0.25) is 0 Å². The van der Waals surface area contributed by atoms with Gasteiger partial charge in [-0.2, -0.15) is 0 Å². The summed E-state index contributed by atoms with van der Waals surface area (Å²) in [4.78, 5) is 9.51. The minimum Gasteiger partial charge on any atom is -0.333 e. The molecular formula is C6H4N2O2. The maximum absolute atomic E-state index is 4.76. The molecule has 1 heterocycles. The summed E-state index contributed by atoms with van der Waals surface area (Å²) in [5, 5.41) is 6.44. The smallest absolute Gasteiger partial charge is 0.205 e. The van der Waals surface area contributed by atoms with Crippen molar-refractivity contribution in [2.24, 2.45) is 10.6 Å². The van der Waals surface area contributed by atoms with Crippen LogP contribution in [0.5, 0.6) is 11.5 Å². The van der Waals surface area contributed by atoms with Gasteiger partial charge < -0.3 is 9.68 Å². The SMILES string of the molecule is c1ccc2c(c1)ON=NO2. The number of hydrogen-bond acceptors (Lipinski definition) is 4. The van der Waals surface area contributed by atoms with Crippen molar-refractivity contribution in [2.45, 2.75) is 0 Å². The molecule has 0 N–H and O–H groups in total. The lowest BCUT2D eigenvalue weighted by Gasteiger charge is -2.05. The van der Waals surface area contributed by atoms with Crippen LogP contribution in [0.15, 0.2) is 34.8 Å². The molecule has 0 aliphatic carbocycles. The Morgan fingerprint density at radius 3 is 1.90 bits per heavy atom. The second-order valence-electron chi connectivity index (χ2n) is 1.79. The van der Waals surface area contributed by atoms with Crippen LogP contribution in [0.3, 0.4) is 0 Å². The minimum absolute atomic E-state index is 0.595. The first-order valence-electron chi connectivity index (χ1n) is 2.80. The van der Waals surface area contributed by atoms with E-state index in [-0.39, 0.29) is 0 Å². The quantitative estimate of drug-likeness (QED) is 0.545. The van der Waals surface area contributed by atoms with Crippen LogP contribution < -0.4 is 9.68 Å². The van der Waals surface area contributed by atoms with Gasteiger partial charge in [-0.15, -0.1) is 0 Å². The van der Waals surface area contributed by atoms with Gasteiger partial charge in [0.15, 0.2) is 0 Å². The second-order valence-corrected chi connectivity index (χ2v) is 1.79. The third-order valence-electron chi connectivity index (χ3n) is 1.16. The average molecular weight is 136 g/mol. The molecule has 50 valence electrons. The van der Waals surface area contributed by atoms with Crippen molar-refractivity contribution in [3.05, 3.63) is 24.3 Å². The third-order valence-corrected chi connectivity index (χ3v) is 1.16. The lowest BCUT2D eigenvalue weighted by atomic mass is 10.3. The molecule has 4 heteroatoms. The fourth-order valence-electron chi connectivity index (χ4n) is 0.722. The summed E-state index contributed by atoms with van der Waals surface area (Å²) in [7, 11) is 0. The van der Waals surface area contributed by atoms with E-state index in [1.807, 2.05) is 12.1 Å². The number of rotatable bonds is 0. The van der Waals surface area contributed by atoms with Crippen LogP contribution in [-0.2, 0) is 0 Å². The lowest BCUT2D eigenvalue weighted by Crippen LogP contribution is -1.93. The first-order valence-corrected chi connectivity index (χ1v) is 2.80. The molecule has 0 saturated heterocycles. The molecule has 0 radical (unpaired) electrons. The van der Waals surface area contributed by atoms with E-state index in [0.717, 1.165) is 0 Å². The van der Waals surface area contributed by atoms with Crippen molar-refractivity contribution in [3.8, 4) is 11.5 Å². The van der Waals surface area contributed by atoms with E-state index in [0.29, 0.717) is 11.5 Å². The molecular weight excluding hydrogens is 132 g/mol. The topological polar surface area (TPSA) is 43.2 Å². The number of hydrogen-bond donors (Lipinski definition) is 0. The second kappa shape index (κ2) is 1.98. The summed E-state index contributed by atoms with van der Waals surface area (Å²) in [5.74, 6) is 1.19. The zero-order valence-corrected chi connectivity index (χ0v) is 5.02. The summed E-state index contributed by atoms with van der Waals surface area (Å²) in [6.45, 7) is 0. The van der Waals surface area contributed by atoms with Crippen LogP contribution in [0.1, 0.15) is 0 Å².